The van der Waals surface area contributed by atoms with E-state index in [1.807, 2.05) is 34.1 Å². The summed E-state index contributed by atoms with van der Waals surface area (Å²) in [5, 5.41) is 0. The molecule has 2 amide bonds. The van der Waals surface area contributed by atoms with Gasteiger partial charge in [-0.25, -0.2) is 0 Å². The summed E-state index contributed by atoms with van der Waals surface area (Å²) in [6.45, 7) is 3.18. The minimum atomic E-state index is 0.161. The van der Waals surface area contributed by atoms with Gasteiger partial charge in [0.2, 0.25) is 11.8 Å². The highest BCUT2D eigenvalue weighted by Gasteiger charge is 2.30. The van der Waals surface area contributed by atoms with Crippen molar-refractivity contribution in [1.82, 2.24) is 9.80 Å². The van der Waals surface area contributed by atoms with Crippen LogP contribution in [0.1, 0.15) is 38.5 Å². The molecule has 5 nitrogen and oxygen atoms in total. The molecule has 1 saturated heterocycles. The van der Waals surface area contributed by atoms with Crippen molar-refractivity contribution in [3.05, 3.63) is 28.7 Å². The average molecular weight is 423 g/mol. The second-order valence-electron chi connectivity index (χ2n) is 7.07. The van der Waals surface area contributed by atoms with Crippen LogP contribution in [0.2, 0.25) is 0 Å². The lowest BCUT2D eigenvalue weighted by molar-refractivity contribution is -0.142. The zero-order valence-corrected chi connectivity index (χ0v) is 16.7. The highest BCUT2D eigenvalue weighted by Crippen LogP contribution is 2.27. The number of nitrogens with zero attached hydrogens (tertiary/aromatic N) is 2. The molecular weight excluding hydrogens is 396 g/mol. The molecule has 0 aromatic heterocycles. The molecule has 1 aliphatic heterocycles. The molecule has 3 rings (SSSR count). The van der Waals surface area contributed by atoms with E-state index in [2.05, 4.69) is 15.9 Å². The first-order chi connectivity index (χ1) is 12.6. The summed E-state index contributed by atoms with van der Waals surface area (Å²) in [5.41, 5.74) is 0. The van der Waals surface area contributed by atoms with E-state index in [0.717, 1.165) is 23.1 Å². The van der Waals surface area contributed by atoms with Gasteiger partial charge in [-0.1, -0.05) is 25.0 Å². The summed E-state index contributed by atoms with van der Waals surface area (Å²) in [5.74, 6) is 1.50. The van der Waals surface area contributed by atoms with Gasteiger partial charge in [-0.15, -0.1) is 0 Å². The van der Waals surface area contributed by atoms with E-state index < -0.39 is 0 Å². The molecule has 0 radical (unpaired) electrons. The molecule has 6 heteroatoms. The number of hydrogen-bond acceptors (Lipinski definition) is 3. The van der Waals surface area contributed by atoms with Crippen LogP contribution in [0, 0.1) is 5.92 Å². The third-order valence-corrected chi connectivity index (χ3v) is 5.93. The van der Waals surface area contributed by atoms with Crippen molar-refractivity contribution >= 4 is 27.7 Å². The predicted molar refractivity (Wildman–Crippen MR) is 104 cm³/mol. The first-order valence-electron chi connectivity index (χ1n) is 9.59. The van der Waals surface area contributed by atoms with Crippen LogP contribution in [0.15, 0.2) is 28.7 Å². The van der Waals surface area contributed by atoms with Crippen molar-refractivity contribution in [2.45, 2.75) is 38.5 Å². The molecule has 1 aliphatic carbocycles. The molecule has 1 heterocycles. The Bertz CT molecular complexity index is 623. The summed E-state index contributed by atoms with van der Waals surface area (Å²) in [4.78, 5) is 28.7. The number of piperazine rings is 1. The Balaban J connectivity index is 1.34. The maximum absolute atomic E-state index is 12.5. The summed E-state index contributed by atoms with van der Waals surface area (Å²) < 4.78 is 6.63. The fraction of sp³-hybridized carbons (Fsp3) is 0.600. The fourth-order valence-corrected chi connectivity index (χ4v) is 4.13. The van der Waals surface area contributed by atoms with Crippen LogP contribution >= 0.6 is 15.9 Å². The molecular formula is C20H27BrN2O3. The van der Waals surface area contributed by atoms with Gasteiger partial charge in [0.05, 0.1) is 11.1 Å². The SMILES string of the molecule is O=C(CCCOc1ccccc1Br)N1CCN(C(=O)C2CCCC2)CC1. The van der Waals surface area contributed by atoms with Crippen molar-refractivity contribution in [2.24, 2.45) is 5.92 Å². The quantitative estimate of drug-likeness (QED) is 0.659. The van der Waals surface area contributed by atoms with Crippen molar-refractivity contribution in [2.75, 3.05) is 32.8 Å². The van der Waals surface area contributed by atoms with Gasteiger partial charge in [0.25, 0.3) is 0 Å². The first-order valence-corrected chi connectivity index (χ1v) is 10.4. The van der Waals surface area contributed by atoms with Gasteiger partial charge in [0.1, 0.15) is 5.75 Å². The molecule has 0 unspecified atom stereocenters. The lowest BCUT2D eigenvalue weighted by Crippen LogP contribution is -2.51. The topological polar surface area (TPSA) is 49.9 Å². The molecule has 2 fully saturated rings. The highest BCUT2D eigenvalue weighted by molar-refractivity contribution is 9.10. The van der Waals surface area contributed by atoms with Crippen LogP contribution in [0.3, 0.4) is 0 Å². The van der Waals surface area contributed by atoms with Crippen molar-refractivity contribution in [1.29, 1.82) is 0 Å². The number of para-hydroxylation sites is 1. The van der Waals surface area contributed by atoms with Crippen molar-refractivity contribution in [3.63, 3.8) is 0 Å². The summed E-state index contributed by atoms with van der Waals surface area (Å²) in [7, 11) is 0. The average Bonchev–Trinajstić information content (AvgIpc) is 3.20. The molecule has 0 spiro atoms. The number of carbonyl (C=O) groups excluding carboxylic acids is 2. The molecule has 2 aliphatic rings. The van der Waals surface area contributed by atoms with Gasteiger partial charge in [-0.2, -0.15) is 0 Å². The minimum Gasteiger partial charge on any atom is -0.492 e. The Morgan fingerprint density at radius 3 is 2.38 bits per heavy atom. The van der Waals surface area contributed by atoms with Crippen LogP contribution in [-0.2, 0) is 9.59 Å². The smallest absolute Gasteiger partial charge is 0.225 e. The second kappa shape index (κ2) is 9.40. The Labute approximate surface area is 163 Å². The largest absolute Gasteiger partial charge is 0.492 e. The second-order valence-corrected chi connectivity index (χ2v) is 7.92. The molecule has 0 atom stereocenters. The number of amides is 2. The molecule has 0 N–H and O–H groups in total. The number of ether oxygens (including phenoxy) is 1. The summed E-state index contributed by atoms with van der Waals surface area (Å²) in [6.07, 6.45) is 5.61. The van der Waals surface area contributed by atoms with Crippen molar-refractivity contribution in [3.8, 4) is 5.75 Å². The van der Waals surface area contributed by atoms with Crippen LogP contribution in [-0.4, -0.2) is 54.4 Å². The zero-order valence-electron chi connectivity index (χ0n) is 15.2. The van der Waals surface area contributed by atoms with Crippen molar-refractivity contribution < 1.29 is 14.3 Å². The Kier molecular flexibility index (Phi) is 6.94. The molecule has 26 heavy (non-hydrogen) atoms. The third-order valence-electron chi connectivity index (χ3n) is 5.28. The Morgan fingerprint density at radius 2 is 1.69 bits per heavy atom. The van der Waals surface area contributed by atoms with E-state index >= 15 is 0 Å². The van der Waals surface area contributed by atoms with Gasteiger partial charge in [-0.05, 0) is 47.3 Å². The molecule has 1 aromatic carbocycles. The Hall–Kier alpha value is -1.56. The van der Waals surface area contributed by atoms with Crippen LogP contribution in [0.5, 0.6) is 5.75 Å². The van der Waals surface area contributed by atoms with Gasteiger partial charge >= 0.3 is 0 Å². The summed E-state index contributed by atoms with van der Waals surface area (Å²) >= 11 is 3.45. The summed E-state index contributed by atoms with van der Waals surface area (Å²) in [6, 6.07) is 7.72. The fourth-order valence-electron chi connectivity index (χ4n) is 3.73. The standard InChI is InChI=1S/C20H27BrN2O3/c21-17-8-3-4-9-18(17)26-15-5-10-19(24)22-11-13-23(14-12-22)20(25)16-6-1-2-7-16/h3-4,8-9,16H,1-2,5-7,10-15H2. The lowest BCUT2D eigenvalue weighted by Gasteiger charge is -2.36. The van der Waals surface area contributed by atoms with Gasteiger partial charge < -0.3 is 14.5 Å². The zero-order chi connectivity index (χ0) is 18.4. The predicted octanol–water partition coefficient (Wildman–Crippen LogP) is 3.47. The van der Waals surface area contributed by atoms with E-state index in [0.29, 0.717) is 51.5 Å². The number of benzene rings is 1. The van der Waals surface area contributed by atoms with E-state index in [1.54, 1.807) is 0 Å². The number of halogens is 1. The van der Waals surface area contributed by atoms with E-state index in [4.69, 9.17) is 4.74 Å². The maximum atomic E-state index is 12.5. The van der Waals surface area contributed by atoms with E-state index in [-0.39, 0.29) is 11.8 Å². The third kappa shape index (κ3) is 5.00. The molecule has 1 saturated carbocycles. The highest BCUT2D eigenvalue weighted by atomic mass is 79.9. The van der Waals surface area contributed by atoms with Gasteiger partial charge in [-0.3, -0.25) is 9.59 Å². The normalized spacial score (nSPS) is 18.2. The lowest BCUT2D eigenvalue weighted by atomic mass is 10.1. The first kappa shape index (κ1) is 19.2. The van der Waals surface area contributed by atoms with Gasteiger partial charge in [0.15, 0.2) is 0 Å². The number of hydrogen-bond donors (Lipinski definition) is 0. The molecule has 142 valence electrons. The number of rotatable bonds is 6. The monoisotopic (exact) mass is 422 g/mol. The van der Waals surface area contributed by atoms with E-state index in [1.165, 1.54) is 12.8 Å². The van der Waals surface area contributed by atoms with Crippen LogP contribution in [0.25, 0.3) is 0 Å². The Morgan fingerprint density at radius 1 is 1.04 bits per heavy atom. The number of carbonyl (C=O) groups is 2. The van der Waals surface area contributed by atoms with Crippen LogP contribution in [0.4, 0.5) is 0 Å². The van der Waals surface area contributed by atoms with Gasteiger partial charge in [0, 0.05) is 38.5 Å². The molecule has 0 bridgehead atoms. The van der Waals surface area contributed by atoms with E-state index in [9.17, 15) is 9.59 Å². The molecule has 1 aromatic rings. The van der Waals surface area contributed by atoms with Crippen LogP contribution < -0.4 is 4.74 Å². The minimum absolute atomic E-state index is 0.161. The maximum Gasteiger partial charge on any atom is 0.225 e.